The van der Waals surface area contributed by atoms with Gasteiger partial charge in [-0.25, -0.2) is 0 Å². The molecule has 1 fully saturated rings. The van der Waals surface area contributed by atoms with E-state index >= 15 is 0 Å². The number of aryl methyl sites for hydroxylation is 1. The Kier molecular flexibility index (Phi) is 2.81. The Morgan fingerprint density at radius 1 is 1.33 bits per heavy atom. The van der Waals surface area contributed by atoms with E-state index in [2.05, 4.69) is 19.1 Å². The van der Waals surface area contributed by atoms with Gasteiger partial charge in [0, 0.05) is 5.92 Å². The summed E-state index contributed by atoms with van der Waals surface area (Å²) in [6, 6.07) is 8.22. The third-order valence-electron chi connectivity index (χ3n) is 3.49. The number of rotatable bonds is 1. The van der Waals surface area contributed by atoms with Crippen LogP contribution < -0.4 is 5.73 Å². The molecule has 1 saturated carbocycles. The zero-order valence-electron chi connectivity index (χ0n) is 9.24. The van der Waals surface area contributed by atoms with Crippen LogP contribution in [-0.4, -0.2) is 10.8 Å². The van der Waals surface area contributed by atoms with Gasteiger partial charge in [0.05, 0.1) is 0 Å². The highest BCUT2D eigenvalue weighted by Gasteiger charge is 2.36. The monoisotopic (exact) mass is 205 g/mol. The smallest absolute Gasteiger partial charge is 0.120 e. The van der Waals surface area contributed by atoms with Crippen molar-refractivity contribution < 1.29 is 5.11 Å². The number of aliphatic hydroxyl groups is 1. The average molecular weight is 205 g/mol. The second-order valence-corrected chi connectivity index (χ2v) is 4.65. The predicted molar refractivity (Wildman–Crippen MR) is 61.5 cm³/mol. The van der Waals surface area contributed by atoms with Gasteiger partial charge in [-0.1, -0.05) is 30.7 Å². The largest absolute Gasteiger partial charge is 0.375 e. The molecule has 2 rings (SSSR count). The van der Waals surface area contributed by atoms with E-state index in [4.69, 9.17) is 5.73 Å². The molecule has 2 unspecified atom stereocenters. The molecule has 2 heteroatoms. The molecule has 1 aromatic carbocycles. The quantitative estimate of drug-likeness (QED) is 0.691. The minimum absolute atomic E-state index is 0.104. The number of hydrogen-bond donors (Lipinski definition) is 2. The second kappa shape index (κ2) is 3.95. The average Bonchev–Trinajstić information content (AvgIpc) is 2.19. The van der Waals surface area contributed by atoms with Crippen molar-refractivity contribution in [3.8, 4) is 0 Å². The van der Waals surface area contributed by atoms with Gasteiger partial charge in [-0.05, 0) is 37.3 Å². The summed E-state index contributed by atoms with van der Waals surface area (Å²) in [5, 5.41) is 10.2. The fourth-order valence-electron chi connectivity index (χ4n) is 2.58. The maximum absolute atomic E-state index is 10.2. The second-order valence-electron chi connectivity index (χ2n) is 4.65. The molecule has 0 radical (unpaired) electrons. The Hall–Kier alpha value is -0.860. The summed E-state index contributed by atoms with van der Waals surface area (Å²) in [4.78, 5) is 0. The summed E-state index contributed by atoms with van der Waals surface area (Å²) < 4.78 is 0. The lowest BCUT2D eigenvalue weighted by Gasteiger charge is -2.37. The fraction of sp³-hybridized carbons (Fsp3) is 0.538. The van der Waals surface area contributed by atoms with E-state index in [1.165, 1.54) is 17.5 Å². The molecule has 0 bridgehead atoms. The molecule has 2 nitrogen and oxygen atoms in total. The highest BCUT2D eigenvalue weighted by molar-refractivity contribution is 5.31. The third kappa shape index (κ3) is 2.06. The molecule has 82 valence electrons. The summed E-state index contributed by atoms with van der Waals surface area (Å²) >= 11 is 0. The minimum atomic E-state index is -1.01. The lowest BCUT2D eigenvalue weighted by molar-refractivity contribution is -0.0114. The molecule has 2 atom stereocenters. The topological polar surface area (TPSA) is 46.2 Å². The van der Waals surface area contributed by atoms with Crippen LogP contribution in [0, 0.1) is 6.92 Å². The third-order valence-corrected chi connectivity index (χ3v) is 3.49. The van der Waals surface area contributed by atoms with E-state index < -0.39 is 5.72 Å². The highest BCUT2D eigenvalue weighted by atomic mass is 16.3. The number of hydrogen-bond acceptors (Lipinski definition) is 2. The van der Waals surface area contributed by atoms with E-state index in [1.807, 2.05) is 12.1 Å². The molecule has 1 aliphatic carbocycles. The highest BCUT2D eigenvalue weighted by Crippen LogP contribution is 2.38. The zero-order valence-corrected chi connectivity index (χ0v) is 9.24. The summed E-state index contributed by atoms with van der Waals surface area (Å²) in [7, 11) is 0. The van der Waals surface area contributed by atoms with Gasteiger partial charge in [0.25, 0.3) is 0 Å². The molecule has 15 heavy (non-hydrogen) atoms. The summed E-state index contributed by atoms with van der Waals surface area (Å²) in [5.41, 5.74) is 7.41. The Bertz CT molecular complexity index is 346. The molecule has 1 aromatic rings. The van der Waals surface area contributed by atoms with Crippen LogP contribution in [0.15, 0.2) is 24.3 Å². The maximum atomic E-state index is 10.2. The van der Waals surface area contributed by atoms with Crippen LogP contribution in [0.2, 0.25) is 0 Å². The lowest BCUT2D eigenvalue weighted by atomic mass is 9.76. The first kappa shape index (κ1) is 10.7. The van der Waals surface area contributed by atoms with Crippen molar-refractivity contribution >= 4 is 0 Å². The van der Waals surface area contributed by atoms with Crippen LogP contribution in [0.3, 0.4) is 0 Å². The van der Waals surface area contributed by atoms with E-state index in [0.29, 0.717) is 6.42 Å². The van der Waals surface area contributed by atoms with Crippen molar-refractivity contribution in [2.75, 3.05) is 0 Å². The molecule has 0 spiro atoms. The lowest BCUT2D eigenvalue weighted by Crippen LogP contribution is -2.47. The molecule has 0 heterocycles. The van der Waals surface area contributed by atoms with Crippen LogP contribution in [0.5, 0.6) is 0 Å². The molecule has 0 amide bonds. The Balaban J connectivity index is 2.33. The zero-order chi connectivity index (χ0) is 10.9. The minimum Gasteiger partial charge on any atom is -0.375 e. The molecular weight excluding hydrogens is 186 g/mol. The van der Waals surface area contributed by atoms with Gasteiger partial charge < -0.3 is 10.8 Å². The normalized spacial score (nSPS) is 31.5. The first-order chi connectivity index (χ1) is 7.11. The van der Waals surface area contributed by atoms with Crippen molar-refractivity contribution in [1.29, 1.82) is 0 Å². The van der Waals surface area contributed by atoms with E-state index in [0.717, 1.165) is 12.8 Å². The SMILES string of the molecule is Cc1ccccc1C1CCCCC1(N)O. The van der Waals surface area contributed by atoms with Gasteiger partial charge in [-0.15, -0.1) is 0 Å². The first-order valence-corrected chi connectivity index (χ1v) is 5.68. The predicted octanol–water partition coefficient (Wildman–Crippen LogP) is 2.30. The van der Waals surface area contributed by atoms with Gasteiger partial charge in [0.2, 0.25) is 0 Å². The van der Waals surface area contributed by atoms with Gasteiger partial charge in [-0.3, -0.25) is 0 Å². The van der Waals surface area contributed by atoms with Crippen molar-refractivity contribution in [2.45, 2.75) is 44.2 Å². The van der Waals surface area contributed by atoms with Crippen molar-refractivity contribution in [3.63, 3.8) is 0 Å². The molecule has 1 aliphatic rings. The van der Waals surface area contributed by atoms with Gasteiger partial charge in [0.15, 0.2) is 0 Å². The molecule has 0 aromatic heterocycles. The van der Waals surface area contributed by atoms with Crippen LogP contribution in [0.25, 0.3) is 0 Å². The Labute approximate surface area is 91.1 Å². The van der Waals surface area contributed by atoms with Crippen molar-refractivity contribution in [1.82, 2.24) is 0 Å². The molecule has 3 N–H and O–H groups in total. The van der Waals surface area contributed by atoms with Crippen molar-refractivity contribution in [2.24, 2.45) is 5.73 Å². The van der Waals surface area contributed by atoms with Crippen LogP contribution in [0.1, 0.15) is 42.7 Å². The number of nitrogens with two attached hydrogens (primary N) is 1. The van der Waals surface area contributed by atoms with Gasteiger partial charge >= 0.3 is 0 Å². The van der Waals surface area contributed by atoms with E-state index in [-0.39, 0.29) is 5.92 Å². The Morgan fingerprint density at radius 2 is 2.07 bits per heavy atom. The van der Waals surface area contributed by atoms with Crippen molar-refractivity contribution in [3.05, 3.63) is 35.4 Å². The standard InChI is InChI=1S/C13H19NO/c1-10-6-2-3-7-11(10)12-8-4-5-9-13(12,14)15/h2-3,6-7,12,15H,4-5,8-9,14H2,1H3. The molecule has 0 aliphatic heterocycles. The summed E-state index contributed by atoms with van der Waals surface area (Å²) in [6.07, 6.45) is 3.91. The van der Waals surface area contributed by atoms with Gasteiger partial charge in [-0.2, -0.15) is 0 Å². The Morgan fingerprint density at radius 3 is 2.73 bits per heavy atom. The summed E-state index contributed by atoms with van der Waals surface area (Å²) in [5.74, 6) is 0.104. The van der Waals surface area contributed by atoms with Crippen LogP contribution in [0.4, 0.5) is 0 Å². The summed E-state index contributed by atoms with van der Waals surface area (Å²) in [6.45, 7) is 2.08. The first-order valence-electron chi connectivity index (χ1n) is 5.68. The maximum Gasteiger partial charge on any atom is 0.120 e. The fourth-order valence-corrected chi connectivity index (χ4v) is 2.58. The van der Waals surface area contributed by atoms with Crippen LogP contribution >= 0.6 is 0 Å². The molecule has 0 saturated heterocycles. The van der Waals surface area contributed by atoms with E-state index in [1.54, 1.807) is 0 Å². The number of benzene rings is 1. The van der Waals surface area contributed by atoms with Gasteiger partial charge in [0.1, 0.15) is 5.72 Å². The molecular formula is C13H19NO. The van der Waals surface area contributed by atoms with E-state index in [9.17, 15) is 5.11 Å². The van der Waals surface area contributed by atoms with Crippen LogP contribution in [-0.2, 0) is 0 Å².